The lowest BCUT2D eigenvalue weighted by Gasteiger charge is -2.34. The van der Waals surface area contributed by atoms with Gasteiger partial charge in [0.2, 0.25) is 0 Å². The minimum Gasteiger partial charge on any atom is -0.343 e. The molecule has 0 spiro atoms. The number of benzene rings is 2. The quantitative estimate of drug-likeness (QED) is 0.427. The summed E-state index contributed by atoms with van der Waals surface area (Å²) < 4.78 is 131. The van der Waals surface area contributed by atoms with Crippen molar-refractivity contribution in [1.29, 1.82) is 0 Å². The van der Waals surface area contributed by atoms with Gasteiger partial charge in [-0.05, 0) is 36.1 Å². The Morgan fingerprint density at radius 1 is 0.872 bits per heavy atom. The molecule has 2 aromatic rings. The van der Waals surface area contributed by atoms with Crippen LogP contribution in [0.4, 0.5) is 22.0 Å². The molecule has 2 heterocycles. The number of fused-ring (bicyclic) bond motifs is 1. The highest BCUT2D eigenvalue weighted by molar-refractivity contribution is 8.05. The monoisotopic (exact) mass is 600 g/mol. The zero-order valence-corrected chi connectivity index (χ0v) is 22.0. The lowest BCUT2D eigenvalue weighted by atomic mass is 9.98. The van der Waals surface area contributed by atoms with Crippen LogP contribution < -0.4 is 0 Å². The summed E-state index contributed by atoms with van der Waals surface area (Å²) in [5.41, 5.74) is -6.06. The molecule has 1 amide bonds. The number of piperidine rings is 1. The van der Waals surface area contributed by atoms with E-state index in [1.165, 1.54) is 6.07 Å². The fraction of sp³-hybridized carbons (Fsp3) is 0.522. The maximum absolute atomic E-state index is 15.1. The van der Waals surface area contributed by atoms with Crippen molar-refractivity contribution in [2.45, 2.75) is 42.2 Å². The van der Waals surface area contributed by atoms with Crippen molar-refractivity contribution < 1.29 is 53.1 Å². The van der Waals surface area contributed by atoms with Crippen LogP contribution in [0.15, 0.2) is 42.5 Å². The van der Waals surface area contributed by atoms with Gasteiger partial charge in [0.25, 0.3) is 0 Å². The van der Waals surface area contributed by atoms with Crippen LogP contribution in [0.5, 0.6) is 0 Å². The molecule has 0 saturated carbocycles. The molecule has 2 aromatic carbocycles. The highest BCUT2D eigenvalue weighted by atomic mass is 32.3. The van der Waals surface area contributed by atoms with Gasteiger partial charge in [0.05, 0.1) is 13.2 Å². The normalized spacial score (nSPS) is 19.1. The van der Waals surface area contributed by atoms with Gasteiger partial charge in [0.15, 0.2) is 5.79 Å². The van der Waals surface area contributed by atoms with E-state index >= 15 is 8.78 Å². The van der Waals surface area contributed by atoms with E-state index < -0.39 is 59.2 Å². The highest BCUT2D eigenvalue weighted by Crippen LogP contribution is 2.40. The van der Waals surface area contributed by atoms with Crippen molar-refractivity contribution >= 4 is 36.7 Å². The summed E-state index contributed by atoms with van der Waals surface area (Å²) in [6.07, 6.45) is 0.214. The molecule has 16 heteroatoms. The first-order chi connectivity index (χ1) is 18.1. The molecule has 39 heavy (non-hydrogen) atoms. The summed E-state index contributed by atoms with van der Waals surface area (Å²) in [5.74, 6) is -4.23. The zero-order valence-electron chi connectivity index (χ0n) is 20.4. The zero-order chi connectivity index (χ0) is 28.7. The summed E-state index contributed by atoms with van der Waals surface area (Å²) in [6.45, 7) is -2.31. The number of ether oxygens (including phenoxy) is 2. The molecular formula is C23H25F5N2O7S2. The summed E-state index contributed by atoms with van der Waals surface area (Å²) in [7, 11) is -13.6. The van der Waals surface area contributed by atoms with Crippen molar-refractivity contribution in [2.75, 3.05) is 32.8 Å². The predicted molar refractivity (Wildman–Crippen MR) is 128 cm³/mol. The van der Waals surface area contributed by atoms with E-state index in [0.29, 0.717) is 16.7 Å². The van der Waals surface area contributed by atoms with Crippen LogP contribution in [0.3, 0.4) is 0 Å². The average Bonchev–Trinajstić information content (AvgIpc) is 3.37. The van der Waals surface area contributed by atoms with E-state index in [1.807, 2.05) is 0 Å². The second kappa shape index (κ2) is 10.5. The maximum atomic E-state index is 15.1. The second-order valence-corrected chi connectivity index (χ2v) is 13.1. The van der Waals surface area contributed by atoms with E-state index in [1.54, 1.807) is 36.4 Å². The van der Waals surface area contributed by atoms with Crippen LogP contribution >= 0.6 is 0 Å². The maximum Gasteiger partial charge on any atom is 0.512 e. The van der Waals surface area contributed by atoms with Crippen molar-refractivity contribution in [3.05, 3.63) is 48.0 Å². The largest absolute Gasteiger partial charge is 0.512 e. The molecule has 4 rings (SSSR count). The summed E-state index contributed by atoms with van der Waals surface area (Å²) >= 11 is 0. The van der Waals surface area contributed by atoms with Crippen molar-refractivity contribution in [3.8, 4) is 0 Å². The molecule has 2 aliphatic rings. The third-order valence-corrected chi connectivity index (χ3v) is 10.6. The molecule has 0 unspecified atom stereocenters. The fourth-order valence-corrected chi connectivity index (χ4v) is 7.65. The van der Waals surface area contributed by atoms with Gasteiger partial charge in [-0.3, -0.25) is 4.79 Å². The first kappa shape index (κ1) is 29.6. The third-order valence-electron chi connectivity index (χ3n) is 6.61. The van der Waals surface area contributed by atoms with Gasteiger partial charge in [-0.1, -0.05) is 40.1 Å². The SMILES string of the molecule is O=C(N1CCCCC1)C(F)(F)S(=O)(=O)N(CCC1(c2ccc3ccccc3c2)OCCO1)S(=O)(=O)C(F)(F)F. The van der Waals surface area contributed by atoms with E-state index in [9.17, 15) is 34.8 Å². The highest BCUT2D eigenvalue weighted by Gasteiger charge is 2.64. The van der Waals surface area contributed by atoms with Gasteiger partial charge >= 0.3 is 36.7 Å². The molecule has 0 aliphatic carbocycles. The molecule has 0 N–H and O–H groups in total. The summed E-state index contributed by atoms with van der Waals surface area (Å²) in [6, 6.07) is 11.6. The van der Waals surface area contributed by atoms with Crippen LogP contribution in [0.1, 0.15) is 31.2 Å². The first-order valence-electron chi connectivity index (χ1n) is 11.9. The molecule has 2 aliphatic heterocycles. The number of carbonyl (C=O) groups is 1. The molecule has 2 saturated heterocycles. The Morgan fingerprint density at radius 2 is 1.46 bits per heavy atom. The number of likely N-dealkylation sites (tertiary alicyclic amines) is 1. The first-order valence-corrected chi connectivity index (χ1v) is 14.8. The number of rotatable bonds is 8. The van der Waals surface area contributed by atoms with E-state index in [2.05, 4.69) is 0 Å². The Labute approximate surface area is 221 Å². The average molecular weight is 601 g/mol. The van der Waals surface area contributed by atoms with Crippen LogP contribution in [0, 0.1) is 0 Å². The van der Waals surface area contributed by atoms with Crippen LogP contribution in [-0.2, 0) is 40.1 Å². The van der Waals surface area contributed by atoms with Gasteiger partial charge in [-0.25, -0.2) is 16.8 Å². The standard InChI is InChI=1S/C23H25F5N2O7S2/c24-22(25,20(31)29-11-4-1-5-12-29)38(32,33)30(39(34,35)23(26,27)28)13-10-21(36-14-15-37-21)19-9-8-17-6-2-3-7-18(17)16-19/h2-3,6-9,16H,1,4-5,10-15H2. The minimum atomic E-state index is -6.90. The number of nitrogens with zero attached hydrogens (tertiary/aromatic N) is 2. The van der Waals surface area contributed by atoms with E-state index in [4.69, 9.17) is 9.47 Å². The topological polar surface area (TPSA) is 110 Å². The van der Waals surface area contributed by atoms with Crippen molar-refractivity contribution in [2.24, 2.45) is 0 Å². The number of hydrogen-bond donors (Lipinski definition) is 0. The lowest BCUT2D eigenvalue weighted by Crippen LogP contribution is -2.57. The number of hydrogen-bond acceptors (Lipinski definition) is 7. The fourth-order valence-electron chi connectivity index (χ4n) is 4.58. The van der Waals surface area contributed by atoms with E-state index in [-0.39, 0.29) is 44.7 Å². The van der Waals surface area contributed by atoms with Gasteiger partial charge in [-0.2, -0.15) is 22.0 Å². The Bertz CT molecular complexity index is 1440. The minimum absolute atomic E-state index is 0.0881. The number of carbonyl (C=O) groups excluding carboxylic acids is 1. The molecule has 0 aromatic heterocycles. The van der Waals surface area contributed by atoms with Crippen LogP contribution in [0.2, 0.25) is 0 Å². The molecular weight excluding hydrogens is 575 g/mol. The Balaban J connectivity index is 1.72. The van der Waals surface area contributed by atoms with Gasteiger partial charge in [0, 0.05) is 31.6 Å². The number of alkyl halides is 5. The van der Waals surface area contributed by atoms with Crippen molar-refractivity contribution in [3.63, 3.8) is 0 Å². The molecule has 9 nitrogen and oxygen atoms in total. The molecule has 2 fully saturated rings. The Kier molecular flexibility index (Phi) is 7.99. The van der Waals surface area contributed by atoms with Crippen LogP contribution in [-0.4, -0.2) is 75.0 Å². The van der Waals surface area contributed by atoms with Crippen LogP contribution in [0.25, 0.3) is 10.8 Å². The molecule has 216 valence electrons. The third kappa shape index (κ3) is 5.36. The number of sulfonamides is 2. The molecule has 0 bridgehead atoms. The summed E-state index contributed by atoms with van der Waals surface area (Å²) in [5, 5.41) is -4.07. The lowest BCUT2D eigenvalue weighted by molar-refractivity contribution is -0.170. The van der Waals surface area contributed by atoms with Gasteiger partial charge in [-0.15, -0.1) is 0 Å². The number of halogens is 5. The smallest absolute Gasteiger partial charge is 0.343 e. The summed E-state index contributed by atoms with van der Waals surface area (Å²) in [4.78, 5) is 13.0. The van der Waals surface area contributed by atoms with Gasteiger partial charge < -0.3 is 14.4 Å². The van der Waals surface area contributed by atoms with E-state index in [0.717, 1.165) is 5.39 Å². The Morgan fingerprint density at radius 3 is 2.05 bits per heavy atom. The van der Waals surface area contributed by atoms with Gasteiger partial charge in [0.1, 0.15) is 0 Å². The van der Waals surface area contributed by atoms with Crippen molar-refractivity contribution in [1.82, 2.24) is 8.61 Å². The molecule has 0 atom stereocenters. The predicted octanol–water partition coefficient (Wildman–Crippen LogP) is 3.52. The Hall–Kier alpha value is -2.40. The second-order valence-electron chi connectivity index (χ2n) is 9.08. The number of amides is 1. The molecule has 0 radical (unpaired) electrons.